The summed E-state index contributed by atoms with van der Waals surface area (Å²) in [5.74, 6) is 2.91. The zero-order chi connectivity index (χ0) is 19.7. The van der Waals surface area contributed by atoms with Crippen LogP contribution in [0.5, 0.6) is 5.75 Å². The van der Waals surface area contributed by atoms with Gasteiger partial charge >= 0.3 is 0 Å². The number of benzene rings is 1. The molecule has 28 heavy (non-hydrogen) atoms. The quantitative estimate of drug-likeness (QED) is 0.248. The molecule has 1 aliphatic rings. The van der Waals surface area contributed by atoms with Crippen LogP contribution >= 0.6 is 0 Å². The monoisotopic (exact) mass is 379 g/mol. The van der Waals surface area contributed by atoms with E-state index in [1.54, 1.807) is 18.2 Å². The fraction of sp³-hybridized carbons (Fsp3) is 0.263. The second-order valence-electron chi connectivity index (χ2n) is 6.75. The van der Waals surface area contributed by atoms with E-state index >= 15 is 0 Å². The molecule has 9 nitrogen and oxygen atoms in total. The summed E-state index contributed by atoms with van der Waals surface area (Å²) in [5, 5.41) is 25.2. The van der Waals surface area contributed by atoms with Crippen LogP contribution in [0, 0.1) is 12.1 Å². The minimum atomic E-state index is 0.359. The van der Waals surface area contributed by atoms with Gasteiger partial charge in [-0.05, 0) is 19.8 Å². The van der Waals surface area contributed by atoms with Crippen LogP contribution in [0.25, 0.3) is 0 Å². The predicted molar refractivity (Wildman–Crippen MR) is 107 cm³/mol. The first-order valence-electron chi connectivity index (χ1n) is 8.92. The Morgan fingerprint density at radius 2 is 2.00 bits per heavy atom. The molecule has 0 amide bonds. The molecule has 0 bridgehead atoms. The van der Waals surface area contributed by atoms with Crippen molar-refractivity contribution in [1.82, 2.24) is 20.2 Å². The van der Waals surface area contributed by atoms with E-state index in [2.05, 4.69) is 37.5 Å². The highest BCUT2D eigenvalue weighted by Gasteiger charge is 2.26. The normalized spacial score (nSPS) is 13.2. The maximum atomic E-state index is 11.6. The highest BCUT2D eigenvalue weighted by Crippen LogP contribution is 2.39. The van der Waals surface area contributed by atoms with Gasteiger partial charge in [0.25, 0.3) is 0 Å². The van der Waals surface area contributed by atoms with Gasteiger partial charge in [0.1, 0.15) is 24.1 Å². The van der Waals surface area contributed by atoms with E-state index in [0.717, 1.165) is 17.2 Å². The van der Waals surface area contributed by atoms with Gasteiger partial charge < -0.3 is 20.6 Å². The number of aromatic amines is 1. The molecule has 0 aliphatic heterocycles. The van der Waals surface area contributed by atoms with Crippen LogP contribution in [0.15, 0.2) is 30.3 Å². The predicted octanol–water partition coefficient (Wildman–Crippen LogP) is 3.72. The summed E-state index contributed by atoms with van der Waals surface area (Å²) in [6.45, 7) is 5.25. The number of aromatic nitrogens is 4. The number of H-pyrrole nitrogens is 1. The molecule has 1 aromatic carbocycles. The third-order valence-corrected chi connectivity index (χ3v) is 4.38. The summed E-state index contributed by atoms with van der Waals surface area (Å²) in [6.07, 6.45) is 2.39. The Bertz CT molecular complexity index is 1030. The van der Waals surface area contributed by atoms with Gasteiger partial charge in [0, 0.05) is 35.9 Å². The minimum Gasteiger partial charge on any atom is -0.619 e. The van der Waals surface area contributed by atoms with Crippen molar-refractivity contribution < 1.29 is 9.48 Å². The van der Waals surface area contributed by atoms with Gasteiger partial charge in [-0.25, -0.2) is 4.98 Å². The molecule has 1 aliphatic carbocycles. The molecule has 9 heteroatoms. The van der Waals surface area contributed by atoms with Crippen molar-refractivity contribution in [3.8, 4) is 5.75 Å². The highest BCUT2D eigenvalue weighted by molar-refractivity contribution is 5.63. The van der Waals surface area contributed by atoms with Gasteiger partial charge in [0.15, 0.2) is 0 Å². The second-order valence-corrected chi connectivity index (χ2v) is 6.75. The first-order valence-corrected chi connectivity index (χ1v) is 8.92. The number of nitrogens with one attached hydrogen (secondary N) is 3. The van der Waals surface area contributed by atoms with E-state index in [4.69, 9.17) is 4.74 Å². The molecule has 0 unspecified atom stereocenters. The van der Waals surface area contributed by atoms with E-state index < -0.39 is 0 Å². The molecule has 1 fully saturated rings. The number of ether oxygens (including phenoxy) is 1. The zero-order valence-electron chi connectivity index (χ0n) is 15.7. The lowest BCUT2D eigenvalue weighted by atomic mass is 10.2. The number of hydrogen-bond acceptors (Lipinski definition) is 7. The molecule has 1 saturated carbocycles. The van der Waals surface area contributed by atoms with Gasteiger partial charge in [-0.15, -0.1) is 0 Å². The summed E-state index contributed by atoms with van der Waals surface area (Å²) >= 11 is 0. The maximum Gasteiger partial charge on any atom is 0.229 e. The summed E-state index contributed by atoms with van der Waals surface area (Å²) in [5.41, 5.74) is 2.84. The average molecular weight is 379 g/mol. The molecule has 2 heterocycles. The smallest absolute Gasteiger partial charge is 0.229 e. The van der Waals surface area contributed by atoms with Crippen LogP contribution in [0.3, 0.4) is 0 Å². The SMILES string of the molecule is C=[N+]([O-])c1cc(Nc2nc(C)cc(Nc3cc(C4CC4)n[nH]3)n2)cc(OC)c1. The van der Waals surface area contributed by atoms with Gasteiger partial charge in [-0.1, -0.05) is 0 Å². The van der Waals surface area contributed by atoms with Crippen LogP contribution in [0.4, 0.5) is 29.0 Å². The lowest BCUT2D eigenvalue weighted by molar-refractivity contribution is -0.349. The van der Waals surface area contributed by atoms with Crippen molar-refractivity contribution in [1.29, 1.82) is 0 Å². The number of aryl methyl sites for hydroxylation is 1. The largest absolute Gasteiger partial charge is 0.619 e. The minimum absolute atomic E-state index is 0.359. The molecule has 3 aromatic rings. The van der Waals surface area contributed by atoms with E-state index in [1.165, 1.54) is 20.0 Å². The average Bonchev–Trinajstić information content (AvgIpc) is 3.40. The molecule has 3 N–H and O–H groups in total. The molecule has 0 atom stereocenters. The third kappa shape index (κ3) is 4.03. The van der Waals surface area contributed by atoms with E-state index in [9.17, 15) is 5.21 Å². The Hall–Kier alpha value is -3.62. The molecule has 0 saturated heterocycles. The summed E-state index contributed by atoms with van der Waals surface area (Å²) in [6, 6.07) is 8.86. The molecule has 0 spiro atoms. The topological polar surface area (TPSA) is 114 Å². The standard InChI is InChI=1S/C19H21N7O2/c1-11-6-17(22-18-10-16(24-25-18)12-4-5-12)23-19(20-11)21-13-7-14(26(2)27)9-15(8-13)28-3/h6-10,12H,2,4-5H2,1,3H3,(H3,20,21,22,23,24,25). The molecule has 144 valence electrons. The molecular weight excluding hydrogens is 358 g/mol. The van der Waals surface area contributed by atoms with E-state index in [1.807, 2.05) is 19.1 Å². The Kier molecular flexibility index (Phi) is 4.56. The highest BCUT2D eigenvalue weighted by atomic mass is 16.5. The molecular formula is C19H21N7O2. The first-order chi connectivity index (χ1) is 13.5. The fourth-order valence-corrected chi connectivity index (χ4v) is 2.86. The maximum absolute atomic E-state index is 11.6. The van der Waals surface area contributed by atoms with E-state index in [-0.39, 0.29) is 0 Å². The van der Waals surface area contributed by atoms with Gasteiger partial charge in [-0.3, -0.25) is 5.10 Å². The lowest BCUT2D eigenvalue weighted by Crippen LogP contribution is -2.03. The van der Waals surface area contributed by atoms with Crippen LogP contribution in [0.2, 0.25) is 0 Å². The number of anilines is 4. The van der Waals surface area contributed by atoms with Crippen molar-refractivity contribution in [2.75, 3.05) is 17.7 Å². The number of rotatable bonds is 7. The van der Waals surface area contributed by atoms with Crippen LogP contribution in [-0.4, -0.2) is 38.7 Å². The van der Waals surface area contributed by atoms with Crippen molar-refractivity contribution in [3.63, 3.8) is 0 Å². The summed E-state index contributed by atoms with van der Waals surface area (Å²) in [4.78, 5) is 8.90. The number of methoxy groups -OCH3 is 1. The van der Waals surface area contributed by atoms with Gasteiger partial charge in [0.2, 0.25) is 11.6 Å². The summed E-state index contributed by atoms with van der Waals surface area (Å²) < 4.78 is 5.76. The Morgan fingerprint density at radius 3 is 2.71 bits per heavy atom. The summed E-state index contributed by atoms with van der Waals surface area (Å²) in [7, 11) is 1.53. The Labute approximate surface area is 162 Å². The van der Waals surface area contributed by atoms with Crippen molar-refractivity contribution >= 4 is 35.7 Å². The van der Waals surface area contributed by atoms with E-state index in [0.29, 0.717) is 39.5 Å². The second kappa shape index (κ2) is 7.18. The molecule has 4 rings (SSSR count). The van der Waals surface area contributed by atoms with Gasteiger partial charge in [-0.2, -0.15) is 14.8 Å². The van der Waals surface area contributed by atoms with Crippen molar-refractivity contribution in [2.24, 2.45) is 0 Å². The lowest BCUT2D eigenvalue weighted by Gasteiger charge is -2.11. The molecule has 2 aromatic heterocycles. The number of hydrogen-bond donors (Lipinski definition) is 3. The Morgan fingerprint density at radius 1 is 1.18 bits per heavy atom. The van der Waals surface area contributed by atoms with Gasteiger partial charge in [0.05, 0.1) is 24.6 Å². The fourth-order valence-electron chi connectivity index (χ4n) is 2.86. The van der Waals surface area contributed by atoms with Crippen molar-refractivity contribution in [3.05, 3.63) is 46.9 Å². The van der Waals surface area contributed by atoms with Crippen LogP contribution in [0.1, 0.15) is 30.1 Å². The Balaban J connectivity index is 1.56. The zero-order valence-corrected chi connectivity index (χ0v) is 15.7. The van der Waals surface area contributed by atoms with Crippen LogP contribution < -0.4 is 15.4 Å². The van der Waals surface area contributed by atoms with Crippen LogP contribution in [-0.2, 0) is 0 Å². The molecule has 0 radical (unpaired) electrons. The third-order valence-electron chi connectivity index (χ3n) is 4.38. The van der Waals surface area contributed by atoms with Crippen molar-refractivity contribution in [2.45, 2.75) is 25.7 Å². The number of nitrogens with zero attached hydrogens (tertiary/aromatic N) is 4. The first kappa shape index (κ1) is 17.8.